The van der Waals surface area contributed by atoms with Gasteiger partial charge in [0, 0.05) is 12.1 Å². The third-order valence-electron chi connectivity index (χ3n) is 3.56. The summed E-state index contributed by atoms with van der Waals surface area (Å²) in [7, 11) is 0. The van der Waals surface area contributed by atoms with E-state index in [0.29, 0.717) is 5.56 Å². The quantitative estimate of drug-likeness (QED) is 0.891. The van der Waals surface area contributed by atoms with Crippen LogP contribution in [0, 0.1) is 17.1 Å². The summed E-state index contributed by atoms with van der Waals surface area (Å²) in [6.45, 7) is 1.56. The van der Waals surface area contributed by atoms with Crippen molar-refractivity contribution in [1.29, 1.82) is 5.26 Å². The van der Waals surface area contributed by atoms with Crippen molar-refractivity contribution in [1.82, 2.24) is 5.32 Å². The van der Waals surface area contributed by atoms with Gasteiger partial charge in [0.25, 0.3) is 0 Å². The van der Waals surface area contributed by atoms with Crippen LogP contribution >= 0.6 is 0 Å². The highest BCUT2D eigenvalue weighted by atomic mass is 19.1. The molecule has 118 valence electrons. The van der Waals surface area contributed by atoms with Gasteiger partial charge in [0.05, 0.1) is 23.7 Å². The maximum atomic E-state index is 13.7. The van der Waals surface area contributed by atoms with Crippen molar-refractivity contribution < 1.29 is 14.3 Å². The lowest BCUT2D eigenvalue weighted by atomic mass is 9.92. The van der Waals surface area contributed by atoms with E-state index in [-0.39, 0.29) is 30.0 Å². The Hall–Kier alpha value is -2.71. The first kappa shape index (κ1) is 16.7. The smallest absolute Gasteiger partial charge is 0.223 e. The van der Waals surface area contributed by atoms with Gasteiger partial charge in [-0.3, -0.25) is 4.79 Å². The van der Waals surface area contributed by atoms with Crippen molar-refractivity contribution in [2.75, 3.05) is 0 Å². The summed E-state index contributed by atoms with van der Waals surface area (Å²) in [6, 6.07) is 14.8. The van der Waals surface area contributed by atoms with Gasteiger partial charge in [0.2, 0.25) is 5.91 Å². The molecule has 0 spiro atoms. The van der Waals surface area contributed by atoms with Gasteiger partial charge >= 0.3 is 0 Å². The molecule has 1 atom stereocenters. The van der Waals surface area contributed by atoms with Crippen molar-refractivity contribution in [2.45, 2.75) is 25.5 Å². The third-order valence-corrected chi connectivity index (χ3v) is 3.56. The minimum atomic E-state index is -1.30. The van der Waals surface area contributed by atoms with Gasteiger partial charge < -0.3 is 10.4 Å². The largest absolute Gasteiger partial charge is 0.385 e. The van der Waals surface area contributed by atoms with E-state index in [2.05, 4.69) is 5.32 Å². The molecule has 2 rings (SSSR count). The number of hydrogen-bond acceptors (Lipinski definition) is 3. The summed E-state index contributed by atoms with van der Waals surface area (Å²) in [6.07, 6.45) is -0.130. The number of nitriles is 1. The standard InChI is InChI=1S/C18H17FN2O2/c1-18(23,15-5-3-2-4-6-15)10-17(22)21-12-14-8-7-13(11-20)9-16(14)19/h2-9,23H,10,12H2,1H3,(H,21,22). The molecule has 0 aliphatic carbocycles. The summed E-state index contributed by atoms with van der Waals surface area (Å²) >= 11 is 0. The maximum absolute atomic E-state index is 13.7. The molecule has 0 aliphatic heterocycles. The van der Waals surface area contributed by atoms with E-state index < -0.39 is 11.4 Å². The fraction of sp³-hybridized carbons (Fsp3) is 0.222. The maximum Gasteiger partial charge on any atom is 0.223 e. The predicted molar refractivity (Wildman–Crippen MR) is 83.6 cm³/mol. The number of halogens is 1. The molecule has 23 heavy (non-hydrogen) atoms. The second kappa shape index (κ2) is 7.03. The lowest BCUT2D eigenvalue weighted by Gasteiger charge is -2.23. The van der Waals surface area contributed by atoms with Crippen molar-refractivity contribution in [3.05, 3.63) is 71.0 Å². The van der Waals surface area contributed by atoms with E-state index in [1.807, 2.05) is 12.1 Å². The Bertz CT molecular complexity index is 736. The van der Waals surface area contributed by atoms with E-state index in [0.717, 1.165) is 6.07 Å². The van der Waals surface area contributed by atoms with Crippen LogP contribution in [0.4, 0.5) is 4.39 Å². The van der Waals surface area contributed by atoms with Crippen molar-refractivity contribution in [3.8, 4) is 6.07 Å². The molecule has 2 aromatic carbocycles. The summed E-state index contributed by atoms with van der Waals surface area (Å²) in [4.78, 5) is 12.0. The average Bonchev–Trinajstić information content (AvgIpc) is 2.54. The second-order valence-electron chi connectivity index (χ2n) is 5.51. The van der Waals surface area contributed by atoms with Crippen molar-refractivity contribution in [2.24, 2.45) is 0 Å². The van der Waals surface area contributed by atoms with Crippen molar-refractivity contribution >= 4 is 5.91 Å². The number of benzene rings is 2. The highest BCUT2D eigenvalue weighted by Crippen LogP contribution is 2.24. The average molecular weight is 312 g/mol. The van der Waals surface area contributed by atoms with Crippen LogP contribution < -0.4 is 5.32 Å². The molecule has 4 nitrogen and oxygen atoms in total. The molecule has 0 aromatic heterocycles. The van der Waals surface area contributed by atoms with Crippen LogP contribution in [0.3, 0.4) is 0 Å². The molecule has 0 heterocycles. The molecule has 0 aliphatic rings. The van der Waals surface area contributed by atoms with E-state index in [4.69, 9.17) is 5.26 Å². The molecule has 5 heteroatoms. The van der Waals surface area contributed by atoms with Crippen LogP contribution in [-0.2, 0) is 16.9 Å². The highest BCUT2D eigenvalue weighted by molar-refractivity contribution is 5.77. The van der Waals surface area contributed by atoms with Gasteiger partial charge in [-0.15, -0.1) is 0 Å². The molecular formula is C18H17FN2O2. The van der Waals surface area contributed by atoms with E-state index in [1.54, 1.807) is 31.2 Å². The van der Waals surface area contributed by atoms with E-state index >= 15 is 0 Å². The number of nitrogens with zero attached hydrogens (tertiary/aromatic N) is 1. The number of hydrogen-bond donors (Lipinski definition) is 2. The first-order valence-electron chi connectivity index (χ1n) is 7.15. The summed E-state index contributed by atoms with van der Waals surface area (Å²) in [5, 5.41) is 21.7. The lowest BCUT2D eigenvalue weighted by Crippen LogP contribution is -2.32. The Balaban J connectivity index is 1.97. The first-order chi connectivity index (χ1) is 10.9. The molecule has 0 saturated carbocycles. The van der Waals surface area contributed by atoms with Crippen molar-refractivity contribution in [3.63, 3.8) is 0 Å². The fourth-order valence-electron chi connectivity index (χ4n) is 2.23. The zero-order valence-corrected chi connectivity index (χ0v) is 12.7. The molecule has 0 fully saturated rings. The number of amides is 1. The third kappa shape index (κ3) is 4.38. The minimum Gasteiger partial charge on any atom is -0.385 e. The van der Waals surface area contributed by atoms with Crippen LogP contribution in [0.5, 0.6) is 0 Å². The topological polar surface area (TPSA) is 73.1 Å². The molecule has 2 N–H and O–H groups in total. The number of carbonyl (C=O) groups is 1. The molecule has 0 radical (unpaired) electrons. The van der Waals surface area contributed by atoms with Gasteiger partial charge in [-0.05, 0) is 24.6 Å². The molecule has 0 bridgehead atoms. The summed E-state index contributed by atoms with van der Waals surface area (Å²) in [5.41, 5.74) is -0.143. The van der Waals surface area contributed by atoms with Gasteiger partial charge in [-0.2, -0.15) is 5.26 Å². The summed E-state index contributed by atoms with van der Waals surface area (Å²) < 4.78 is 13.7. The zero-order chi connectivity index (χ0) is 16.9. The highest BCUT2D eigenvalue weighted by Gasteiger charge is 2.26. The number of carbonyl (C=O) groups excluding carboxylic acids is 1. The normalized spacial score (nSPS) is 13.0. The summed E-state index contributed by atoms with van der Waals surface area (Å²) in [5.74, 6) is -0.929. The van der Waals surface area contributed by atoms with Crippen LogP contribution in [0.25, 0.3) is 0 Å². The first-order valence-corrected chi connectivity index (χ1v) is 7.15. The molecule has 1 amide bonds. The molecule has 1 unspecified atom stereocenters. The van der Waals surface area contributed by atoms with Gasteiger partial charge in [-0.25, -0.2) is 4.39 Å². The van der Waals surface area contributed by atoms with Crippen LogP contribution in [0.15, 0.2) is 48.5 Å². The predicted octanol–water partition coefficient (Wildman–Crippen LogP) is 2.61. The van der Waals surface area contributed by atoms with Crippen LogP contribution in [-0.4, -0.2) is 11.0 Å². The Morgan fingerprint density at radius 1 is 1.30 bits per heavy atom. The second-order valence-corrected chi connectivity index (χ2v) is 5.51. The SMILES string of the molecule is CC(O)(CC(=O)NCc1ccc(C#N)cc1F)c1ccccc1. The van der Waals surface area contributed by atoms with Gasteiger partial charge in [0.15, 0.2) is 0 Å². The molecule has 2 aromatic rings. The van der Waals surface area contributed by atoms with E-state index in [1.165, 1.54) is 12.1 Å². The molecule has 0 saturated heterocycles. The Kier molecular flexibility index (Phi) is 5.09. The minimum absolute atomic E-state index is 0.00124. The Morgan fingerprint density at radius 2 is 2.00 bits per heavy atom. The van der Waals surface area contributed by atoms with Crippen LogP contribution in [0.1, 0.15) is 30.0 Å². The van der Waals surface area contributed by atoms with E-state index in [9.17, 15) is 14.3 Å². The lowest BCUT2D eigenvalue weighted by molar-refractivity contribution is -0.126. The number of rotatable bonds is 5. The monoisotopic (exact) mass is 312 g/mol. The van der Waals surface area contributed by atoms with Crippen LogP contribution in [0.2, 0.25) is 0 Å². The molecular weight excluding hydrogens is 295 g/mol. The Morgan fingerprint density at radius 3 is 2.61 bits per heavy atom. The number of nitrogens with one attached hydrogen (secondary N) is 1. The van der Waals surface area contributed by atoms with Gasteiger partial charge in [0.1, 0.15) is 5.82 Å². The fourth-order valence-corrected chi connectivity index (χ4v) is 2.23. The van der Waals surface area contributed by atoms with Gasteiger partial charge in [-0.1, -0.05) is 36.4 Å². The Labute approximate surface area is 134 Å². The zero-order valence-electron chi connectivity index (χ0n) is 12.7. The number of aliphatic hydroxyl groups is 1.